The third kappa shape index (κ3) is 3.45. The highest BCUT2D eigenvalue weighted by atomic mass is 32.2. The maximum atomic E-state index is 6.21. The lowest BCUT2D eigenvalue weighted by atomic mass is 10.1. The molecule has 0 aliphatic carbocycles. The second-order valence-electron chi connectivity index (χ2n) is 3.97. The zero-order valence-electron chi connectivity index (χ0n) is 11.0. The van der Waals surface area contributed by atoms with Gasteiger partial charge in [-0.2, -0.15) is 0 Å². The highest BCUT2D eigenvalue weighted by Gasteiger charge is 2.13. The molecule has 2 aromatic rings. The van der Waals surface area contributed by atoms with Gasteiger partial charge in [-0.25, -0.2) is 4.68 Å². The van der Waals surface area contributed by atoms with Gasteiger partial charge < -0.3 is 10.5 Å². The van der Waals surface area contributed by atoms with Gasteiger partial charge in [0, 0.05) is 24.4 Å². The molecule has 102 valence electrons. The molecule has 0 spiro atoms. The summed E-state index contributed by atoms with van der Waals surface area (Å²) >= 11 is 1.53. The first kappa shape index (κ1) is 13.8. The van der Waals surface area contributed by atoms with Gasteiger partial charge in [0.05, 0.1) is 6.61 Å². The number of para-hydroxylation sites is 1. The summed E-state index contributed by atoms with van der Waals surface area (Å²) in [6.45, 7) is 2.59. The summed E-state index contributed by atoms with van der Waals surface area (Å²) in [7, 11) is 1.81. The van der Waals surface area contributed by atoms with Gasteiger partial charge >= 0.3 is 0 Å². The molecule has 0 amide bonds. The summed E-state index contributed by atoms with van der Waals surface area (Å²) < 4.78 is 7.21. The lowest BCUT2D eigenvalue weighted by Crippen LogP contribution is -2.15. The van der Waals surface area contributed by atoms with Crippen LogP contribution < -0.4 is 10.5 Å². The van der Waals surface area contributed by atoms with E-state index in [-0.39, 0.29) is 6.04 Å². The molecule has 1 aromatic carbocycles. The van der Waals surface area contributed by atoms with Crippen molar-refractivity contribution in [1.29, 1.82) is 0 Å². The van der Waals surface area contributed by atoms with Crippen molar-refractivity contribution >= 4 is 11.8 Å². The van der Waals surface area contributed by atoms with Gasteiger partial charge in [-0.15, -0.1) is 5.10 Å². The van der Waals surface area contributed by atoms with Crippen LogP contribution in [0.1, 0.15) is 18.5 Å². The normalized spacial score (nSPS) is 12.4. The summed E-state index contributed by atoms with van der Waals surface area (Å²) in [5.74, 6) is 1.53. The maximum Gasteiger partial charge on any atom is 0.209 e. The Labute approximate surface area is 116 Å². The fourth-order valence-electron chi connectivity index (χ4n) is 1.67. The quantitative estimate of drug-likeness (QED) is 0.805. The van der Waals surface area contributed by atoms with Crippen molar-refractivity contribution in [3.8, 4) is 5.75 Å². The third-order valence-electron chi connectivity index (χ3n) is 2.59. The number of nitrogens with zero attached hydrogens (tertiary/aromatic N) is 4. The van der Waals surface area contributed by atoms with Crippen LogP contribution in [0.3, 0.4) is 0 Å². The molecule has 2 N–H and O–H groups in total. The third-order valence-corrected chi connectivity index (χ3v) is 3.72. The zero-order valence-corrected chi connectivity index (χ0v) is 11.8. The Hall–Kier alpha value is -1.60. The Morgan fingerprint density at radius 2 is 2.21 bits per heavy atom. The van der Waals surface area contributed by atoms with Crippen molar-refractivity contribution in [3.05, 3.63) is 29.8 Å². The molecule has 1 heterocycles. The average Bonchev–Trinajstić information content (AvgIpc) is 2.82. The van der Waals surface area contributed by atoms with Crippen LogP contribution >= 0.6 is 11.8 Å². The first-order chi connectivity index (χ1) is 9.22. The number of aryl methyl sites for hydroxylation is 1. The summed E-state index contributed by atoms with van der Waals surface area (Å²) in [6, 6.07) is 7.72. The molecule has 0 saturated carbocycles. The molecule has 2 rings (SSSR count). The molecule has 0 fully saturated rings. The lowest BCUT2D eigenvalue weighted by molar-refractivity contribution is 0.335. The Bertz CT molecular complexity index is 530. The summed E-state index contributed by atoms with van der Waals surface area (Å²) in [6.07, 6.45) is 0. The van der Waals surface area contributed by atoms with Crippen LogP contribution in [0.4, 0.5) is 0 Å². The number of ether oxygens (including phenoxy) is 1. The minimum Gasteiger partial charge on any atom is -0.494 e. The van der Waals surface area contributed by atoms with Gasteiger partial charge in [0.2, 0.25) is 5.16 Å². The first-order valence-corrected chi connectivity index (χ1v) is 7.03. The van der Waals surface area contributed by atoms with E-state index in [1.165, 1.54) is 11.8 Å². The number of benzene rings is 1. The second kappa shape index (κ2) is 6.53. The second-order valence-corrected chi connectivity index (χ2v) is 4.96. The van der Waals surface area contributed by atoms with E-state index in [1.54, 1.807) is 4.68 Å². The standard InChI is InChI=1S/C12H17N5OS/c1-3-18-11-7-5-4-6-9(11)10(13)8-19-12-14-15-16-17(12)2/h4-7,10H,3,8,13H2,1-2H3. The van der Waals surface area contributed by atoms with Crippen molar-refractivity contribution in [3.63, 3.8) is 0 Å². The zero-order chi connectivity index (χ0) is 13.7. The molecule has 0 aliphatic rings. The molecular weight excluding hydrogens is 262 g/mol. The van der Waals surface area contributed by atoms with Crippen LogP contribution in [0, 0.1) is 0 Å². The van der Waals surface area contributed by atoms with Gasteiger partial charge in [-0.1, -0.05) is 30.0 Å². The Balaban J connectivity index is 2.03. The predicted octanol–water partition coefficient (Wildman–Crippen LogP) is 1.40. The minimum absolute atomic E-state index is 0.121. The fraction of sp³-hybridized carbons (Fsp3) is 0.417. The number of thioether (sulfide) groups is 1. The number of rotatable bonds is 6. The van der Waals surface area contributed by atoms with E-state index in [1.807, 2.05) is 38.2 Å². The number of nitrogens with two attached hydrogens (primary N) is 1. The lowest BCUT2D eigenvalue weighted by Gasteiger charge is -2.15. The molecule has 0 aliphatic heterocycles. The van der Waals surface area contributed by atoms with Gasteiger partial charge in [-0.05, 0) is 23.4 Å². The monoisotopic (exact) mass is 279 g/mol. The van der Waals surface area contributed by atoms with Crippen molar-refractivity contribution in [2.24, 2.45) is 12.8 Å². The Morgan fingerprint density at radius 1 is 1.42 bits per heavy atom. The molecule has 1 atom stereocenters. The van der Waals surface area contributed by atoms with E-state index in [4.69, 9.17) is 10.5 Å². The van der Waals surface area contributed by atoms with Crippen LogP contribution in [-0.4, -0.2) is 32.6 Å². The van der Waals surface area contributed by atoms with Gasteiger partial charge in [0.15, 0.2) is 0 Å². The average molecular weight is 279 g/mol. The SMILES string of the molecule is CCOc1ccccc1C(N)CSc1nnnn1C. The summed E-state index contributed by atoms with van der Waals surface area (Å²) in [5.41, 5.74) is 7.22. The molecular formula is C12H17N5OS. The fourth-order valence-corrected chi connectivity index (χ4v) is 2.50. The molecule has 7 heteroatoms. The Morgan fingerprint density at radius 3 is 2.89 bits per heavy atom. The minimum atomic E-state index is -0.121. The van der Waals surface area contributed by atoms with E-state index in [9.17, 15) is 0 Å². The highest BCUT2D eigenvalue weighted by molar-refractivity contribution is 7.99. The van der Waals surface area contributed by atoms with E-state index in [2.05, 4.69) is 15.5 Å². The van der Waals surface area contributed by atoms with Crippen molar-refractivity contribution < 1.29 is 4.74 Å². The van der Waals surface area contributed by atoms with Crippen molar-refractivity contribution in [1.82, 2.24) is 20.2 Å². The molecule has 6 nitrogen and oxygen atoms in total. The van der Waals surface area contributed by atoms with Gasteiger partial charge in [0.1, 0.15) is 5.75 Å². The summed E-state index contributed by atoms with van der Waals surface area (Å²) in [4.78, 5) is 0. The number of hydrogen-bond acceptors (Lipinski definition) is 6. The molecule has 0 radical (unpaired) electrons. The Kier molecular flexibility index (Phi) is 4.75. The molecule has 19 heavy (non-hydrogen) atoms. The van der Waals surface area contributed by atoms with Gasteiger partial charge in [-0.3, -0.25) is 0 Å². The summed E-state index contributed by atoms with van der Waals surface area (Å²) in [5, 5.41) is 12.1. The van der Waals surface area contributed by atoms with Crippen molar-refractivity contribution in [2.75, 3.05) is 12.4 Å². The number of hydrogen-bond donors (Lipinski definition) is 1. The molecule has 0 saturated heterocycles. The topological polar surface area (TPSA) is 78.8 Å². The number of aromatic nitrogens is 4. The number of tetrazole rings is 1. The van der Waals surface area contributed by atoms with Crippen molar-refractivity contribution in [2.45, 2.75) is 18.1 Å². The van der Waals surface area contributed by atoms with Crippen LogP contribution in [0.2, 0.25) is 0 Å². The van der Waals surface area contributed by atoms with Crippen LogP contribution in [-0.2, 0) is 7.05 Å². The van der Waals surface area contributed by atoms with E-state index in [0.29, 0.717) is 12.4 Å². The molecule has 1 unspecified atom stereocenters. The predicted molar refractivity (Wildman–Crippen MR) is 74.1 cm³/mol. The maximum absolute atomic E-state index is 6.21. The van der Waals surface area contributed by atoms with E-state index < -0.39 is 0 Å². The molecule has 1 aromatic heterocycles. The first-order valence-electron chi connectivity index (χ1n) is 6.04. The van der Waals surface area contributed by atoms with Crippen LogP contribution in [0.25, 0.3) is 0 Å². The van der Waals surface area contributed by atoms with E-state index >= 15 is 0 Å². The molecule has 0 bridgehead atoms. The smallest absolute Gasteiger partial charge is 0.209 e. The van der Waals surface area contributed by atoms with Crippen LogP contribution in [0.15, 0.2) is 29.4 Å². The highest BCUT2D eigenvalue weighted by Crippen LogP contribution is 2.27. The van der Waals surface area contributed by atoms with Gasteiger partial charge in [0.25, 0.3) is 0 Å². The van der Waals surface area contributed by atoms with Crippen LogP contribution in [0.5, 0.6) is 5.75 Å². The largest absolute Gasteiger partial charge is 0.494 e. The van der Waals surface area contributed by atoms with E-state index in [0.717, 1.165) is 16.5 Å².